The lowest BCUT2D eigenvalue weighted by atomic mass is 10.1. The van der Waals surface area contributed by atoms with E-state index in [-0.39, 0.29) is 5.91 Å². The van der Waals surface area contributed by atoms with Crippen LogP contribution in [0, 0.1) is 5.92 Å². The Morgan fingerprint density at radius 3 is 2.90 bits per heavy atom. The van der Waals surface area contributed by atoms with Crippen LogP contribution in [0.3, 0.4) is 0 Å². The van der Waals surface area contributed by atoms with Gasteiger partial charge >= 0.3 is 0 Å². The zero-order valence-electron chi connectivity index (χ0n) is 12.0. The molecule has 3 rings (SSSR count). The Morgan fingerprint density at radius 2 is 2.30 bits per heavy atom. The first-order valence-corrected chi connectivity index (χ1v) is 7.53. The molecule has 0 spiro atoms. The highest BCUT2D eigenvalue weighted by molar-refractivity contribution is 5.94. The van der Waals surface area contributed by atoms with Gasteiger partial charge in [-0.1, -0.05) is 0 Å². The maximum absolute atomic E-state index is 12.8. The maximum Gasteiger partial charge on any atom is 0.270 e. The third-order valence-corrected chi connectivity index (χ3v) is 4.20. The zero-order chi connectivity index (χ0) is 14.1. The van der Waals surface area contributed by atoms with E-state index < -0.39 is 0 Å². The molecule has 1 amide bonds. The lowest BCUT2D eigenvalue weighted by Crippen LogP contribution is -2.38. The molecule has 1 unspecified atom stereocenters. The molecule has 2 aliphatic rings. The average molecular weight is 277 g/mol. The highest BCUT2D eigenvalue weighted by atomic mass is 16.5. The number of carbonyl (C=O) groups excluding carboxylic acids is 1. The summed E-state index contributed by atoms with van der Waals surface area (Å²) in [6.45, 7) is 5.23. The summed E-state index contributed by atoms with van der Waals surface area (Å²) in [5, 5.41) is 0. The zero-order valence-corrected chi connectivity index (χ0v) is 12.0. The van der Waals surface area contributed by atoms with Crippen LogP contribution in [-0.4, -0.2) is 41.2 Å². The summed E-state index contributed by atoms with van der Waals surface area (Å²) in [6, 6.07) is 2.22. The average Bonchev–Trinajstić information content (AvgIpc) is 3.01. The van der Waals surface area contributed by atoms with E-state index in [9.17, 15) is 4.79 Å². The fourth-order valence-corrected chi connectivity index (χ4v) is 2.91. The molecule has 1 aromatic heterocycles. The Bertz CT molecular complexity index is 487. The number of hydrogen-bond donors (Lipinski definition) is 1. The van der Waals surface area contributed by atoms with Crippen molar-refractivity contribution < 1.29 is 9.53 Å². The van der Waals surface area contributed by atoms with Crippen molar-refractivity contribution in [1.82, 2.24) is 9.47 Å². The summed E-state index contributed by atoms with van der Waals surface area (Å²) >= 11 is 0. The molecule has 0 aromatic carbocycles. The number of nitrogens with two attached hydrogens (primary N) is 1. The Hall–Kier alpha value is -1.49. The van der Waals surface area contributed by atoms with Crippen molar-refractivity contribution >= 4 is 11.6 Å². The summed E-state index contributed by atoms with van der Waals surface area (Å²) in [5.74, 6) is 0.611. The SMILES string of the molecule is CCn1cc(N)cc1C(=O)N(CC1CCOC1)C1CC1. The van der Waals surface area contributed by atoms with Gasteiger partial charge in [-0.05, 0) is 32.3 Å². The lowest BCUT2D eigenvalue weighted by molar-refractivity contribution is 0.0695. The van der Waals surface area contributed by atoms with E-state index in [0.29, 0.717) is 17.6 Å². The van der Waals surface area contributed by atoms with Crippen LogP contribution in [0.1, 0.15) is 36.7 Å². The van der Waals surface area contributed by atoms with Crippen molar-refractivity contribution in [2.45, 2.75) is 38.8 Å². The Labute approximate surface area is 119 Å². The summed E-state index contributed by atoms with van der Waals surface area (Å²) in [7, 11) is 0. The molecule has 5 nitrogen and oxygen atoms in total. The first-order valence-electron chi connectivity index (χ1n) is 7.53. The Balaban J connectivity index is 1.77. The molecule has 1 atom stereocenters. The minimum atomic E-state index is 0.123. The number of aromatic nitrogens is 1. The van der Waals surface area contributed by atoms with E-state index in [0.717, 1.165) is 51.3 Å². The van der Waals surface area contributed by atoms with Gasteiger partial charge in [0.05, 0.1) is 12.3 Å². The number of ether oxygens (including phenoxy) is 1. The van der Waals surface area contributed by atoms with Gasteiger partial charge in [0.1, 0.15) is 5.69 Å². The Morgan fingerprint density at radius 1 is 1.50 bits per heavy atom. The van der Waals surface area contributed by atoms with Gasteiger partial charge in [0, 0.05) is 37.9 Å². The van der Waals surface area contributed by atoms with Crippen LogP contribution in [0.15, 0.2) is 12.3 Å². The fraction of sp³-hybridized carbons (Fsp3) is 0.667. The van der Waals surface area contributed by atoms with E-state index in [4.69, 9.17) is 10.5 Å². The number of anilines is 1. The monoisotopic (exact) mass is 277 g/mol. The van der Waals surface area contributed by atoms with Crippen LogP contribution in [0.25, 0.3) is 0 Å². The van der Waals surface area contributed by atoms with E-state index >= 15 is 0 Å². The van der Waals surface area contributed by atoms with Crippen LogP contribution < -0.4 is 5.73 Å². The van der Waals surface area contributed by atoms with Crippen LogP contribution in [-0.2, 0) is 11.3 Å². The summed E-state index contributed by atoms with van der Waals surface area (Å²) < 4.78 is 7.37. The highest BCUT2D eigenvalue weighted by Crippen LogP contribution is 2.30. The van der Waals surface area contributed by atoms with Gasteiger partial charge < -0.3 is 19.9 Å². The first-order chi connectivity index (χ1) is 9.69. The second-order valence-electron chi connectivity index (χ2n) is 5.86. The molecule has 2 heterocycles. The number of carbonyl (C=O) groups is 1. The quantitative estimate of drug-likeness (QED) is 0.891. The van der Waals surface area contributed by atoms with Gasteiger partial charge in [0.2, 0.25) is 0 Å². The van der Waals surface area contributed by atoms with Gasteiger partial charge in [-0.3, -0.25) is 4.79 Å². The molecule has 2 fully saturated rings. The third kappa shape index (κ3) is 2.68. The number of aryl methyl sites for hydroxylation is 1. The van der Waals surface area contributed by atoms with Gasteiger partial charge in [-0.15, -0.1) is 0 Å². The van der Waals surface area contributed by atoms with Crippen LogP contribution in [0.4, 0.5) is 5.69 Å². The lowest BCUT2D eigenvalue weighted by Gasteiger charge is -2.25. The van der Waals surface area contributed by atoms with Gasteiger partial charge in [-0.25, -0.2) is 0 Å². The number of hydrogen-bond acceptors (Lipinski definition) is 3. The van der Waals surface area contributed by atoms with E-state index in [1.807, 2.05) is 22.6 Å². The topological polar surface area (TPSA) is 60.5 Å². The number of nitrogen functional groups attached to an aromatic ring is 1. The fourth-order valence-electron chi connectivity index (χ4n) is 2.91. The molecule has 2 N–H and O–H groups in total. The minimum Gasteiger partial charge on any atom is -0.397 e. The predicted molar refractivity (Wildman–Crippen MR) is 77.5 cm³/mol. The number of nitrogens with zero attached hydrogens (tertiary/aromatic N) is 2. The van der Waals surface area contributed by atoms with Crippen molar-refractivity contribution in [3.63, 3.8) is 0 Å². The molecule has 20 heavy (non-hydrogen) atoms. The second-order valence-corrected chi connectivity index (χ2v) is 5.86. The number of amides is 1. The van der Waals surface area contributed by atoms with Crippen molar-refractivity contribution in [2.75, 3.05) is 25.5 Å². The standard InChI is InChI=1S/C15H23N3O2/c1-2-17-9-12(16)7-14(17)15(19)18(13-3-4-13)8-11-5-6-20-10-11/h7,9,11,13H,2-6,8,10,16H2,1H3. The molecule has 1 saturated carbocycles. The molecule has 1 aliphatic heterocycles. The molecule has 1 aromatic rings. The molecule has 110 valence electrons. The summed E-state index contributed by atoms with van der Waals surface area (Å²) in [6.07, 6.45) is 5.16. The van der Waals surface area contributed by atoms with Crippen molar-refractivity contribution in [3.8, 4) is 0 Å². The van der Waals surface area contributed by atoms with Crippen LogP contribution in [0.2, 0.25) is 0 Å². The molecular formula is C15H23N3O2. The van der Waals surface area contributed by atoms with E-state index in [2.05, 4.69) is 0 Å². The van der Waals surface area contributed by atoms with E-state index in [1.165, 1.54) is 0 Å². The summed E-state index contributed by atoms with van der Waals surface area (Å²) in [5.41, 5.74) is 7.22. The van der Waals surface area contributed by atoms with Crippen molar-refractivity contribution in [1.29, 1.82) is 0 Å². The highest BCUT2D eigenvalue weighted by Gasteiger charge is 2.36. The normalized spacial score (nSPS) is 22.1. The van der Waals surface area contributed by atoms with Crippen molar-refractivity contribution in [3.05, 3.63) is 18.0 Å². The summed E-state index contributed by atoms with van der Waals surface area (Å²) in [4.78, 5) is 14.9. The largest absolute Gasteiger partial charge is 0.397 e. The molecule has 1 aliphatic carbocycles. The molecule has 0 bridgehead atoms. The van der Waals surface area contributed by atoms with Crippen LogP contribution in [0.5, 0.6) is 0 Å². The predicted octanol–water partition coefficient (Wildman–Crippen LogP) is 1.73. The smallest absolute Gasteiger partial charge is 0.270 e. The van der Waals surface area contributed by atoms with Gasteiger partial charge in [0.25, 0.3) is 5.91 Å². The third-order valence-electron chi connectivity index (χ3n) is 4.20. The molecule has 0 radical (unpaired) electrons. The maximum atomic E-state index is 12.8. The molecular weight excluding hydrogens is 254 g/mol. The van der Waals surface area contributed by atoms with E-state index in [1.54, 1.807) is 6.07 Å². The van der Waals surface area contributed by atoms with Gasteiger partial charge in [-0.2, -0.15) is 0 Å². The van der Waals surface area contributed by atoms with Crippen LogP contribution >= 0.6 is 0 Å². The van der Waals surface area contributed by atoms with Crippen molar-refractivity contribution in [2.24, 2.45) is 5.92 Å². The molecule has 5 heteroatoms. The minimum absolute atomic E-state index is 0.123. The number of rotatable bonds is 5. The second kappa shape index (κ2) is 5.48. The van der Waals surface area contributed by atoms with Gasteiger partial charge in [0.15, 0.2) is 0 Å². The molecule has 1 saturated heterocycles. The first kappa shape index (κ1) is 13.5. The Kier molecular flexibility index (Phi) is 3.70.